The molecule has 0 fully saturated rings. The molecule has 3 N–H and O–H groups in total. The Balaban J connectivity index is 3.14. The number of hydrogen-bond acceptors (Lipinski definition) is 2. The average Bonchev–Trinajstić information content (AvgIpc) is 2.07. The van der Waals surface area contributed by atoms with Gasteiger partial charge >= 0.3 is 6.18 Å². The number of alkyl halides is 3. The molecule has 0 radical (unpaired) electrons. The third kappa shape index (κ3) is 2.19. The molecule has 0 heterocycles. The average molecular weight is 270 g/mol. The number of hydrogen-bond donors (Lipinski definition) is 2. The maximum absolute atomic E-state index is 12.2. The lowest BCUT2D eigenvalue weighted by Gasteiger charge is -2.17. The number of benzene rings is 1. The van der Waals surface area contributed by atoms with Gasteiger partial charge in [0.15, 0.2) is 0 Å². The molecule has 0 aliphatic heterocycles. The van der Waals surface area contributed by atoms with Crippen molar-refractivity contribution < 1.29 is 18.3 Å². The Labute approximate surface area is 86.7 Å². The molecule has 0 saturated carbocycles. The lowest BCUT2D eigenvalue weighted by atomic mass is 10.1. The zero-order valence-electron chi connectivity index (χ0n) is 6.85. The minimum atomic E-state index is -4.52. The lowest BCUT2D eigenvalue weighted by Crippen LogP contribution is -2.28. The highest BCUT2D eigenvalue weighted by molar-refractivity contribution is 9.10. The van der Waals surface area contributed by atoms with Crippen molar-refractivity contribution in [3.05, 3.63) is 28.2 Å². The summed E-state index contributed by atoms with van der Waals surface area (Å²) in [5.41, 5.74) is 4.79. The van der Waals surface area contributed by atoms with E-state index >= 15 is 0 Å². The van der Waals surface area contributed by atoms with Gasteiger partial charge in [-0.15, -0.1) is 0 Å². The summed E-state index contributed by atoms with van der Waals surface area (Å²) in [6.45, 7) is 0. The molecule has 1 unspecified atom stereocenters. The van der Waals surface area contributed by atoms with E-state index < -0.39 is 12.2 Å². The SMILES string of the molecule is NC(c1cccc(O)c1Br)C(F)(F)F. The molecule has 0 bridgehead atoms. The van der Waals surface area contributed by atoms with Gasteiger partial charge in [-0.05, 0) is 27.6 Å². The smallest absolute Gasteiger partial charge is 0.407 e. The fraction of sp³-hybridized carbons (Fsp3) is 0.250. The van der Waals surface area contributed by atoms with Gasteiger partial charge in [0.25, 0.3) is 0 Å². The summed E-state index contributed by atoms with van der Waals surface area (Å²) in [7, 11) is 0. The zero-order chi connectivity index (χ0) is 10.9. The van der Waals surface area contributed by atoms with Crippen LogP contribution in [0.5, 0.6) is 5.75 Å². The van der Waals surface area contributed by atoms with Gasteiger partial charge in [0.05, 0.1) is 4.47 Å². The van der Waals surface area contributed by atoms with Gasteiger partial charge < -0.3 is 10.8 Å². The molecule has 0 aliphatic rings. The minimum absolute atomic E-state index is 0.0233. The van der Waals surface area contributed by atoms with Crippen LogP contribution in [0.15, 0.2) is 22.7 Å². The monoisotopic (exact) mass is 269 g/mol. The van der Waals surface area contributed by atoms with Gasteiger partial charge in [-0.25, -0.2) is 0 Å². The minimum Gasteiger partial charge on any atom is -0.507 e. The summed E-state index contributed by atoms with van der Waals surface area (Å²) in [6, 6.07) is 1.70. The first-order valence-corrected chi connectivity index (χ1v) is 4.43. The molecule has 0 saturated heterocycles. The number of nitrogens with two attached hydrogens (primary N) is 1. The molecule has 1 rings (SSSR count). The summed E-state index contributed by atoms with van der Waals surface area (Å²) in [5, 5.41) is 9.14. The fourth-order valence-electron chi connectivity index (χ4n) is 0.954. The van der Waals surface area contributed by atoms with Crippen molar-refractivity contribution in [2.75, 3.05) is 0 Å². The highest BCUT2D eigenvalue weighted by Gasteiger charge is 2.39. The topological polar surface area (TPSA) is 46.2 Å². The maximum Gasteiger partial charge on any atom is 0.407 e. The first-order chi connectivity index (χ1) is 6.34. The van der Waals surface area contributed by atoms with Crippen LogP contribution in [-0.2, 0) is 0 Å². The fourth-order valence-corrected chi connectivity index (χ4v) is 1.46. The molecule has 1 aromatic rings. The summed E-state index contributed by atoms with van der Waals surface area (Å²) in [6.07, 6.45) is -4.52. The molecule has 2 nitrogen and oxygen atoms in total. The van der Waals surface area contributed by atoms with Crippen LogP contribution in [0, 0.1) is 0 Å². The molecule has 1 atom stereocenters. The molecular weight excluding hydrogens is 263 g/mol. The third-order valence-corrected chi connectivity index (χ3v) is 2.56. The van der Waals surface area contributed by atoms with Crippen LogP contribution >= 0.6 is 15.9 Å². The van der Waals surface area contributed by atoms with Gasteiger partial charge in [-0.2, -0.15) is 13.2 Å². The van der Waals surface area contributed by atoms with E-state index in [4.69, 9.17) is 10.8 Å². The second kappa shape index (κ2) is 3.78. The van der Waals surface area contributed by atoms with E-state index in [0.29, 0.717) is 0 Å². The normalized spacial score (nSPS) is 14.1. The van der Waals surface area contributed by atoms with Crippen molar-refractivity contribution in [3.63, 3.8) is 0 Å². The molecule has 1 aromatic carbocycles. The highest BCUT2D eigenvalue weighted by atomic mass is 79.9. The Bertz CT molecular complexity index is 340. The first kappa shape index (κ1) is 11.3. The Morgan fingerprint density at radius 3 is 2.43 bits per heavy atom. The van der Waals surface area contributed by atoms with Crippen LogP contribution in [0.3, 0.4) is 0 Å². The quantitative estimate of drug-likeness (QED) is 0.824. The van der Waals surface area contributed by atoms with Crippen molar-refractivity contribution in [1.29, 1.82) is 0 Å². The van der Waals surface area contributed by atoms with Crippen LogP contribution in [0.1, 0.15) is 11.6 Å². The highest BCUT2D eigenvalue weighted by Crippen LogP contribution is 2.37. The van der Waals surface area contributed by atoms with Crippen LogP contribution in [0.2, 0.25) is 0 Å². The molecule has 78 valence electrons. The van der Waals surface area contributed by atoms with E-state index in [1.54, 1.807) is 0 Å². The third-order valence-electron chi connectivity index (χ3n) is 1.70. The summed E-state index contributed by atoms with van der Waals surface area (Å²) in [4.78, 5) is 0. The van der Waals surface area contributed by atoms with E-state index in [-0.39, 0.29) is 15.8 Å². The molecule has 0 amide bonds. The van der Waals surface area contributed by atoms with Crippen molar-refractivity contribution in [3.8, 4) is 5.75 Å². The van der Waals surface area contributed by atoms with E-state index in [1.165, 1.54) is 18.2 Å². The van der Waals surface area contributed by atoms with Crippen LogP contribution in [0.4, 0.5) is 13.2 Å². The van der Waals surface area contributed by atoms with Crippen LogP contribution in [0.25, 0.3) is 0 Å². The van der Waals surface area contributed by atoms with Crippen molar-refractivity contribution in [2.45, 2.75) is 12.2 Å². The number of aromatic hydroxyl groups is 1. The summed E-state index contributed by atoms with van der Waals surface area (Å²) < 4.78 is 36.6. The van der Waals surface area contributed by atoms with E-state index in [9.17, 15) is 13.2 Å². The second-order valence-corrected chi connectivity index (χ2v) is 3.49. The molecule has 0 aliphatic carbocycles. The molecule has 0 spiro atoms. The summed E-state index contributed by atoms with van der Waals surface area (Å²) in [5.74, 6) is -0.262. The van der Waals surface area contributed by atoms with Gasteiger partial charge in [0.1, 0.15) is 11.8 Å². The number of phenolic OH excluding ortho intramolecular Hbond substituents is 1. The molecule has 0 aromatic heterocycles. The Morgan fingerprint density at radius 1 is 1.36 bits per heavy atom. The van der Waals surface area contributed by atoms with Crippen LogP contribution in [-0.4, -0.2) is 11.3 Å². The van der Waals surface area contributed by atoms with E-state index in [0.717, 1.165) is 0 Å². The Morgan fingerprint density at radius 2 is 1.93 bits per heavy atom. The molecular formula is C8H7BrF3NO. The summed E-state index contributed by atoms with van der Waals surface area (Å²) >= 11 is 2.84. The standard InChI is InChI=1S/C8H7BrF3NO/c9-6-4(2-1-3-5(6)14)7(13)8(10,11)12/h1-3,7,14H,13H2. The van der Waals surface area contributed by atoms with Crippen molar-refractivity contribution in [1.82, 2.24) is 0 Å². The van der Waals surface area contributed by atoms with Gasteiger partial charge in [0, 0.05) is 0 Å². The van der Waals surface area contributed by atoms with Crippen molar-refractivity contribution in [2.24, 2.45) is 5.73 Å². The van der Waals surface area contributed by atoms with E-state index in [2.05, 4.69) is 15.9 Å². The van der Waals surface area contributed by atoms with Crippen LogP contribution < -0.4 is 5.73 Å². The Hall–Kier alpha value is -0.750. The van der Waals surface area contributed by atoms with Gasteiger partial charge in [-0.1, -0.05) is 12.1 Å². The maximum atomic E-state index is 12.2. The number of halogens is 4. The lowest BCUT2D eigenvalue weighted by molar-refractivity contribution is -0.149. The predicted molar refractivity (Wildman–Crippen MR) is 48.8 cm³/mol. The van der Waals surface area contributed by atoms with Crippen molar-refractivity contribution >= 4 is 15.9 Å². The van der Waals surface area contributed by atoms with Gasteiger partial charge in [0.2, 0.25) is 0 Å². The number of rotatable bonds is 1. The predicted octanol–water partition coefficient (Wildman–Crippen LogP) is 2.72. The van der Waals surface area contributed by atoms with Gasteiger partial charge in [-0.3, -0.25) is 0 Å². The first-order valence-electron chi connectivity index (χ1n) is 3.63. The Kier molecular flexibility index (Phi) is 3.06. The molecule has 6 heteroatoms. The number of phenols is 1. The second-order valence-electron chi connectivity index (χ2n) is 2.70. The zero-order valence-corrected chi connectivity index (χ0v) is 8.43. The molecule has 14 heavy (non-hydrogen) atoms. The van der Waals surface area contributed by atoms with E-state index in [1.807, 2.05) is 0 Å². The largest absolute Gasteiger partial charge is 0.507 e.